The van der Waals surface area contributed by atoms with Gasteiger partial charge in [0.05, 0.1) is 11.3 Å². The van der Waals surface area contributed by atoms with Crippen molar-refractivity contribution in [2.75, 3.05) is 24.6 Å². The molecule has 0 atom stereocenters. The summed E-state index contributed by atoms with van der Waals surface area (Å²) in [6.07, 6.45) is 1.45. The Hall–Kier alpha value is -3.67. The van der Waals surface area contributed by atoms with Gasteiger partial charge in [0.15, 0.2) is 6.61 Å². The van der Waals surface area contributed by atoms with Gasteiger partial charge in [-0.2, -0.15) is 0 Å². The highest BCUT2D eigenvalue weighted by Crippen LogP contribution is 2.26. The fourth-order valence-electron chi connectivity index (χ4n) is 4.10. The molecule has 6 nitrogen and oxygen atoms in total. The molecule has 0 N–H and O–H groups in total. The highest BCUT2D eigenvalue weighted by molar-refractivity contribution is 6.04. The third kappa shape index (κ3) is 4.64. The van der Waals surface area contributed by atoms with Crippen molar-refractivity contribution in [3.63, 3.8) is 0 Å². The fourth-order valence-corrected chi connectivity index (χ4v) is 4.10. The van der Waals surface area contributed by atoms with E-state index in [0.717, 1.165) is 35.0 Å². The number of nitrogens with zero attached hydrogens (tertiary/aromatic N) is 2. The van der Waals surface area contributed by atoms with Gasteiger partial charge in [-0.15, -0.1) is 0 Å². The first-order chi connectivity index (χ1) is 15.6. The van der Waals surface area contributed by atoms with Crippen molar-refractivity contribution in [3.8, 4) is 0 Å². The molecule has 3 aromatic rings. The molecule has 0 bridgehead atoms. The minimum Gasteiger partial charge on any atom is -0.452 e. The number of carbonyl (C=O) groups is 3. The van der Waals surface area contributed by atoms with Gasteiger partial charge in [-0.05, 0) is 42.5 Å². The lowest BCUT2D eigenvalue weighted by atomic mass is 10.1. The number of anilines is 1. The van der Waals surface area contributed by atoms with Crippen LogP contribution >= 0.6 is 0 Å². The molecule has 4 rings (SSSR count). The van der Waals surface area contributed by atoms with Crippen LogP contribution in [0.1, 0.15) is 35.7 Å². The van der Waals surface area contributed by atoms with E-state index in [4.69, 9.17) is 4.74 Å². The van der Waals surface area contributed by atoms with Gasteiger partial charge < -0.3 is 14.5 Å². The number of likely N-dealkylation sites (N-methyl/N-ethyl adjacent to an activating group) is 1. The van der Waals surface area contributed by atoms with Crippen LogP contribution in [-0.4, -0.2) is 42.4 Å². The molecule has 0 radical (unpaired) electrons. The van der Waals surface area contributed by atoms with Crippen LogP contribution in [-0.2, 0) is 20.9 Å². The largest absolute Gasteiger partial charge is 0.452 e. The summed E-state index contributed by atoms with van der Waals surface area (Å²) >= 11 is 0. The number of likely N-dealkylation sites (tertiary alicyclic amines) is 1. The highest BCUT2D eigenvalue weighted by atomic mass is 16.5. The monoisotopic (exact) mass is 430 g/mol. The molecule has 0 unspecified atom stereocenters. The number of rotatable bonds is 7. The van der Waals surface area contributed by atoms with Gasteiger partial charge in [-0.25, -0.2) is 4.79 Å². The Morgan fingerprint density at radius 1 is 1.03 bits per heavy atom. The van der Waals surface area contributed by atoms with Crippen LogP contribution in [0.5, 0.6) is 0 Å². The molecular formula is C26H26N2O4. The second-order valence-corrected chi connectivity index (χ2v) is 7.83. The van der Waals surface area contributed by atoms with E-state index in [1.54, 1.807) is 28.0 Å². The Kier molecular flexibility index (Phi) is 6.50. The van der Waals surface area contributed by atoms with Crippen LogP contribution in [0.15, 0.2) is 66.7 Å². The summed E-state index contributed by atoms with van der Waals surface area (Å²) in [7, 11) is 0. The first-order valence-corrected chi connectivity index (χ1v) is 10.9. The molecule has 0 aliphatic carbocycles. The van der Waals surface area contributed by atoms with E-state index in [0.29, 0.717) is 25.1 Å². The van der Waals surface area contributed by atoms with Crippen LogP contribution in [0, 0.1) is 0 Å². The normalized spacial score (nSPS) is 13.4. The molecule has 6 heteroatoms. The van der Waals surface area contributed by atoms with Crippen LogP contribution in [0.2, 0.25) is 0 Å². The zero-order chi connectivity index (χ0) is 22.5. The van der Waals surface area contributed by atoms with Crippen molar-refractivity contribution in [2.24, 2.45) is 0 Å². The molecule has 164 valence electrons. The van der Waals surface area contributed by atoms with Gasteiger partial charge in [-0.1, -0.05) is 48.5 Å². The topological polar surface area (TPSA) is 66.9 Å². The number of amides is 2. The number of fused-ring (bicyclic) bond motifs is 1. The zero-order valence-electron chi connectivity index (χ0n) is 18.1. The van der Waals surface area contributed by atoms with E-state index in [-0.39, 0.29) is 18.4 Å². The van der Waals surface area contributed by atoms with E-state index < -0.39 is 5.97 Å². The Labute approximate surface area is 187 Å². The van der Waals surface area contributed by atoms with Crippen molar-refractivity contribution in [3.05, 3.63) is 77.9 Å². The standard InChI is InChI=1S/C26H26N2O4/c1-2-28(23-13-6-10-20-9-3-4-12-22(20)23)25(30)18-32-26(31)21-11-5-8-19(16-21)17-27-15-7-14-24(27)29/h3-6,8-13,16H,2,7,14-15,17-18H2,1H3. The van der Waals surface area contributed by atoms with Gasteiger partial charge in [0.2, 0.25) is 5.91 Å². The predicted octanol–water partition coefficient (Wildman–Crippen LogP) is 4.17. The summed E-state index contributed by atoms with van der Waals surface area (Å²) in [5.74, 6) is -0.699. The molecule has 0 saturated carbocycles. The van der Waals surface area contributed by atoms with Crippen LogP contribution < -0.4 is 4.90 Å². The maximum Gasteiger partial charge on any atom is 0.338 e. The van der Waals surface area contributed by atoms with Gasteiger partial charge in [-0.3, -0.25) is 9.59 Å². The lowest BCUT2D eigenvalue weighted by Crippen LogP contribution is -2.34. The van der Waals surface area contributed by atoms with Crippen molar-refractivity contribution < 1.29 is 19.1 Å². The van der Waals surface area contributed by atoms with Crippen LogP contribution in [0.4, 0.5) is 5.69 Å². The second kappa shape index (κ2) is 9.64. The van der Waals surface area contributed by atoms with E-state index in [1.807, 2.05) is 55.5 Å². The molecule has 0 spiro atoms. The number of hydrogen-bond donors (Lipinski definition) is 0. The lowest BCUT2D eigenvalue weighted by Gasteiger charge is -2.22. The molecule has 1 saturated heterocycles. The first kappa shape index (κ1) is 21.6. The van der Waals surface area contributed by atoms with Gasteiger partial charge in [0.25, 0.3) is 5.91 Å². The van der Waals surface area contributed by atoms with Crippen LogP contribution in [0.3, 0.4) is 0 Å². The minimum atomic E-state index is -0.554. The zero-order valence-corrected chi connectivity index (χ0v) is 18.1. The number of benzene rings is 3. The van der Waals surface area contributed by atoms with Crippen LogP contribution in [0.25, 0.3) is 10.8 Å². The number of hydrogen-bond acceptors (Lipinski definition) is 4. The summed E-state index contributed by atoms with van der Waals surface area (Å²) in [5.41, 5.74) is 2.03. The number of carbonyl (C=O) groups excluding carboxylic acids is 3. The number of ether oxygens (including phenoxy) is 1. The fraction of sp³-hybridized carbons (Fsp3) is 0.269. The quantitative estimate of drug-likeness (QED) is 0.528. The highest BCUT2D eigenvalue weighted by Gasteiger charge is 2.21. The van der Waals surface area contributed by atoms with Gasteiger partial charge in [0, 0.05) is 31.4 Å². The minimum absolute atomic E-state index is 0.136. The Bertz CT molecular complexity index is 1150. The smallest absolute Gasteiger partial charge is 0.338 e. The van der Waals surface area contributed by atoms with Gasteiger partial charge >= 0.3 is 5.97 Å². The average molecular weight is 431 g/mol. The number of esters is 1. The molecule has 1 heterocycles. The van der Waals surface area contributed by atoms with Crippen molar-refractivity contribution in [1.29, 1.82) is 0 Å². The Morgan fingerprint density at radius 2 is 1.81 bits per heavy atom. The summed E-state index contributed by atoms with van der Waals surface area (Å²) in [6, 6.07) is 20.7. The molecular weight excluding hydrogens is 404 g/mol. The van der Waals surface area contributed by atoms with Crippen molar-refractivity contribution in [1.82, 2.24) is 4.90 Å². The SMILES string of the molecule is CCN(C(=O)COC(=O)c1cccc(CN2CCCC2=O)c1)c1cccc2ccccc12. The summed E-state index contributed by atoms with van der Waals surface area (Å²) in [4.78, 5) is 40.8. The van der Waals surface area contributed by atoms with E-state index in [2.05, 4.69) is 0 Å². The molecule has 2 amide bonds. The van der Waals surface area contributed by atoms with E-state index >= 15 is 0 Å². The average Bonchev–Trinajstić information content (AvgIpc) is 3.22. The maximum absolute atomic E-state index is 12.9. The van der Waals surface area contributed by atoms with Crippen molar-refractivity contribution in [2.45, 2.75) is 26.3 Å². The molecule has 32 heavy (non-hydrogen) atoms. The molecule has 1 aliphatic heterocycles. The Balaban J connectivity index is 1.42. The third-order valence-electron chi connectivity index (χ3n) is 5.71. The maximum atomic E-state index is 12.9. The lowest BCUT2D eigenvalue weighted by molar-refractivity contribution is -0.128. The molecule has 0 aromatic heterocycles. The first-order valence-electron chi connectivity index (χ1n) is 10.9. The van der Waals surface area contributed by atoms with Crippen molar-refractivity contribution >= 4 is 34.2 Å². The van der Waals surface area contributed by atoms with E-state index in [9.17, 15) is 14.4 Å². The van der Waals surface area contributed by atoms with E-state index in [1.165, 1.54) is 0 Å². The summed E-state index contributed by atoms with van der Waals surface area (Å²) in [6.45, 7) is 3.23. The second-order valence-electron chi connectivity index (χ2n) is 7.83. The molecule has 1 aliphatic rings. The molecule has 3 aromatic carbocycles. The Morgan fingerprint density at radius 3 is 2.59 bits per heavy atom. The summed E-state index contributed by atoms with van der Waals surface area (Å²) < 4.78 is 5.34. The third-order valence-corrected chi connectivity index (χ3v) is 5.71. The summed E-state index contributed by atoms with van der Waals surface area (Å²) in [5, 5.41) is 2.02. The molecule has 1 fully saturated rings. The predicted molar refractivity (Wildman–Crippen MR) is 123 cm³/mol. The van der Waals surface area contributed by atoms with Gasteiger partial charge in [0.1, 0.15) is 0 Å².